The van der Waals surface area contributed by atoms with Gasteiger partial charge in [-0.05, 0) is 61.8 Å². The summed E-state index contributed by atoms with van der Waals surface area (Å²) in [6.45, 7) is 10.9. The van der Waals surface area contributed by atoms with E-state index in [1.807, 2.05) is 83.1 Å². The van der Waals surface area contributed by atoms with E-state index in [1.165, 1.54) is 10.6 Å². The lowest BCUT2D eigenvalue weighted by Gasteiger charge is -2.31. The highest BCUT2D eigenvalue weighted by Gasteiger charge is 2.28. The number of amides is 2. The Morgan fingerprint density at radius 2 is 1.68 bits per heavy atom. The van der Waals surface area contributed by atoms with Crippen molar-refractivity contribution in [2.75, 3.05) is 30.2 Å². The molecular formula is C29H43N3O4S. The van der Waals surface area contributed by atoms with Crippen molar-refractivity contribution in [1.29, 1.82) is 0 Å². The first kappa shape index (κ1) is 30.4. The van der Waals surface area contributed by atoms with Crippen molar-refractivity contribution >= 4 is 27.5 Å². The van der Waals surface area contributed by atoms with E-state index in [0.717, 1.165) is 16.7 Å². The lowest BCUT2D eigenvalue weighted by molar-refractivity contribution is -0.140. The van der Waals surface area contributed by atoms with Gasteiger partial charge in [-0.2, -0.15) is 0 Å². The lowest BCUT2D eigenvalue weighted by Crippen LogP contribution is -2.50. The second-order valence-corrected chi connectivity index (χ2v) is 12.0. The van der Waals surface area contributed by atoms with Crippen LogP contribution in [0, 0.1) is 19.8 Å². The third-order valence-corrected chi connectivity index (χ3v) is 7.52. The van der Waals surface area contributed by atoms with Crippen molar-refractivity contribution in [2.45, 2.75) is 66.3 Å². The van der Waals surface area contributed by atoms with Gasteiger partial charge in [0.05, 0.1) is 11.9 Å². The Bertz CT molecular complexity index is 1130. The van der Waals surface area contributed by atoms with Gasteiger partial charge in [0.15, 0.2) is 0 Å². The molecular weight excluding hydrogens is 486 g/mol. The van der Waals surface area contributed by atoms with Crippen LogP contribution in [0.1, 0.15) is 56.7 Å². The number of sulfonamides is 1. The van der Waals surface area contributed by atoms with Crippen molar-refractivity contribution in [3.63, 3.8) is 0 Å². The number of carbonyl (C=O) groups excluding carboxylic acids is 2. The molecule has 0 spiro atoms. The minimum atomic E-state index is -3.53. The first-order chi connectivity index (χ1) is 17.4. The van der Waals surface area contributed by atoms with Crippen LogP contribution in [0.5, 0.6) is 0 Å². The molecule has 0 saturated carbocycles. The molecule has 2 rings (SSSR count). The maximum Gasteiger partial charge on any atom is 0.242 e. The third-order valence-electron chi connectivity index (χ3n) is 6.34. The molecule has 0 heterocycles. The van der Waals surface area contributed by atoms with Gasteiger partial charge in [0.1, 0.15) is 6.04 Å². The van der Waals surface area contributed by atoms with Crippen LogP contribution in [0.2, 0.25) is 0 Å². The van der Waals surface area contributed by atoms with Crippen molar-refractivity contribution in [3.05, 3.63) is 65.2 Å². The van der Waals surface area contributed by atoms with Crippen molar-refractivity contribution in [1.82, 2.24) is 10.2 Å². The minimum Gasteiger partial charge on any atom is -0.354 e. The quantitative estimate of drug-likeness (QED) is 0.391. The maximum atomic E-state index is 13.5. The number of nitrogens with zero attached hydrogens (tertiary/aromatic N) is 2. The van der Waals surface area contributed by atoms with Gasteiger partial charge in [-0.3, -0.25) is 13.9 Å². The molecule has 0 bridgehead atoms. The predicted octanol–water partition coefficient (Wildman–Crippen LogP) is 4.47. The largest absolute Gasteiger partial charge is 0.354 e. The van der Waals surface area contributed by atoms with Gasteiger partial charge >= 0.3 is 0 Å². The molecule has 1 atom stereocenters. The summed E-state index contributed by atoms with van der Waals surface area (Å²) in [6.07, 6.45) is 2.83. The number of carbonyl (C=O) groups is 2. The van der Waals surface area contributed by atoms with Crippen LogP contribution >= 0.6 is 0 Å². The van der Waals surface area contributed by atoms with Gasteiger partial charge < -0.3 is 10.2 Å². The molecule has 0 unspecified atom stereocenters. The maximum absolute atomic E-state index is 13.5. The molecule has 1 N–H and O–H groups in total. The van der Waals surface area contributed by atoms with Crippen LogP contribution in [0.4, 0.5) is 5.69 Å². The highest BCUT2D eigenvalue weighted by Crippen LogP contribution is 2.24. The van der Waals surface area contributed by atoms with Gasteiger partial charge in [-0.25, -0.2) is 8.42 Å². The van der Waals surface area contributed by atoms with E-state index in [0.29, 0.717) is 44.0 Å². The fraction of sp³-hybridized carbons (Fsp3) is 0.517. The average Bonchev–Trinajstić information content (AvgIpc) is 2.84. The van der Waals surface area contributed by atoms with Crippen LogP contribution in [-0.2, 0) is 26.0 Å². The molecule has 2 amide bonds. The Morgan fingerprint density at radius 3 is 2.27 bits per heavy atom. The molecule has 0 aliphatic rings. The van der Waals surface area contributed by atoms with E-state index in [2.05, 4.69) is 5.32 Å². The Balaban J connectivity index is 2.18. The topological polar surface area (TPSA) is 86.8 Å². The Labute approximate surface area is 223 Å². The molecule has 0 fully saturated rings. The molecule has 0 radical (unpaired) electrons. The lowest BCUT2D eigenvalue weighted by atomic mass is 10.1. The Kier molecular flexibility index (Phi) is 11.6. The highest BCUT2D eigenvalue weighted by molar-refractivity contribution is 7.92. The zero-order valence-electron chi connectivity index (χ0n) is 23.2. The molecule has 2 aromatic carbocycles. The molecule has 8 heteroatoms. The van der Waals surface area contributed by atoms with Gasteiger partial charge in [0.25, 0.3) is 0 Å². The number of benzene rings is 2. The summed E-state index contributed by atoms with van der Waals surface area (Å²) in [6, 6.07) is 15.0. The van der Waals surface area contributed by atoms with Gasteiger partial charge in [-0.15, -0.1) is 0 Å². The Morgan fingerprint density at radius 1 is 1.00 bits per heavy atom. The summed E-state index contributed by atoms with van der Waals surface area (Å²) in [5.41, 5.74) is 3.56. The standard InChI is InChI=1S/C29H43N3O4S/c1-7-26(29(34)30-21-22(2)3)31(19-17-25-12-9-8-10-13-25)28(33)14-11-18-32(37(6,35)36)27-20-23(4)15-16-24(27)5/h8-10,12-13,15-16,20,22,26H,7,11,14,17-19,21H2,1-6H3,(H,30,34)/t26-/m0/s1. The van der Waals surface area contributed by atoms with E-state index < -0.39 is 16.1 Å². The number of hydrogen-bond donors (Lipinski definition) is 1. The molecule has 0 aliphatic carbocycles. The van der Waals surface area contributed by atoms with E-state index in [4.69, 9.17) is 0 Å². The number of nitrogens with one attached hydrogen (secondary N) is 1. The van der Waals surface area contributed by atoms with Crippen LogP contribution in [0.3, 0.4) is 0 Å². The number of rotatable bonds is 14. The summed E-state index contributed by atoms with van der Waals surface area (Å²) >= 11 is 0. The second-order valence-electron chi connectivity index (χ2n) is 10.1. The monoisotopic (exact) mass is 529 g/mol. The zero-order chi connectivity index (χ0) is 27.6. The Hall–Kier alpha value is -2.87. The van der Waals surface area contributed by atoms with Gasteiger partial charge in [0.2, 0.25) is 21.8 Å². The first-order valence-corrected chi connectivity index (χ1v) is 14.9. The molecule has 2 aromatic rings. The van der Waals surface area contributed by atoms with Crippen LogP contribution in [-0.4, -0.2) is 57.1 Å². The second kappa shape index (κ2) is 14.2. The molecule has 0 aromatic heterocycles. The van der Waals surface area contributed by atoms with Crippen molar-refractivity contribution in [2.24, 2.45) is 5.92 Å². The van der Waals surface area contributed by atoms with E-state index >= 15 is 0 Å². The zero-order valence-corrected chi connectivity index (χ0v) is 24.0. The van der Waals surface area contributed by atoms with Crippen LogP contribution < -0.4 is 9.62 Å². The summed E-state index contributed by atoms with van der Waals surface area (Å²) in [4.78, 5) is 28.2. The van der Waals surface area contributed by atoms with E-state index in [9.17, 15) is 18.0 Å². The van der Waals surface area contributed by atoms with Gasteiger partial charge in [-0.1, -0.05) is 63.2 Å². The number of anilines is 1. The predicted molar refractivity (Wildman–Crippen MR) is 151 cm³/mol. The molecule has 0 saturated heterocycles. The fourth-order valence-electron chi connectivity index (χ4n) is 4.29. The van der Waals surface area contributed by atoms with Gasteiger partial charge in [0, 0.05) is 26.1 Å². The molecule has 0 aliphatic heterocycles. The first-order valence-electron chi connectivity index (χ1n) is 13.1. The van der Waals surface area contributed by atoms with Crippen molar-refractivity contribution < 1.29 is 18.0 Å². The molecule has 37 heavy (non-hydrogen) atoms. The summed E-state index contributed by atoms with van der Waals surface area (Å²) < 4.78 is 26.6. The third kappa shape index (κ3) is 9.50. The molecule has 204 valence electrons. The van der Waals surface area contributed by atoms with Crippen LogP contribution in [0.25, 0.3) is 0 Å². The minimum absolute atomic E-state index is 0.142. The smallest absolute Gasteiger partial charge is 0.242 e. The fourth-order valence-corrected chi connectivity index (χ4v) is 5.30. The number of hydrogen-bond acceptors (Lipinski definition) is 4. The SMILES string of the molecule is CC[C@@H](C(=O)NCC(C)C)N(CCc1ccccc1)C(=O)CCCN(c1cc(C)ccc1C)S(C)(=O)=O. The summed E-state index contributed by atoms with van der Waals surface area (Å²) in [5, 5.41) is 2.97. The van der Waals surface area contributed by atoms with Crippen LogP contribution in [0.15, 0.2) is 48.5 Å². The highest BCUT2D eigenvalue weighted by atomic mass is 32.2. The average molecular weight is 530 g/mol. The van der Waals surface area contributed by atoms with E-state index in [-0.39, 0.29) is 24.8 Å². The summed E-state index contributed by atoms with van der Waals surface area (Å²) in [7, 11) is -3.53. The van der Waals surface area contributed by atoms with Crippen molar-refractivity contribution in [3.8, 4) is 0 Å². The molecule has 7 nitrogen and oxygen atoms in total. The number of aryl methyl sites for hydroxylation is 2. The van der Waals surface area contributed by atoms with E-state index in [1.54, 1.807) is 4.90 Å². The normalized spacial score (nSPS) is 12.3. The summed E-state index contributed by atoms with van der Waals surface area (Å²) in [5.74, 6) is 0.0182.